The maximum absolute atomic E-state index is 12.7. The van der Waals surface area contributed by atoms with Crippen LogP contribution in [0.3, 0.4) is 0 Å². The van der Waals surface area contributed by atoms with Gasteiger partial charge in [-0.3, -0.25) is 9.59 Å². The molecule has 1 aliphatic rings. The van der Waals surface area contributed by atoms with E-state index in [1.54, 1.807) is 17.0 Å². The van der Waals surface area contributed by atoms with Crippen molar-refractivity contribution in [2.75, 3.05) is 26.3 Å². The lowest BCUT2D eigenvalue weighted by atomic mass is 10.2. The molecule has 3 heterocycles. The molecule has 2 amide bonds. The summed E-state index contributed by atoms with van der Waals surface area (Å²) < 4.78 is 5.28. The Balaban J connectivity index is 1.81. The third-order valence-electron chi connectivity index (χ3n) is 3.35. The molecule has 120 valence electrons. The molecule has 0 unspecified atom stereocenters. The summed E-state index contributed by atoms with van der Waals surface area (Å²) >= 11 is 2.87. The monoisotopic (exact) mass is 348 g/mol. The minimum atomic E-state index is -0.260. The Morgan fingerprint density at radius 1 is 1.13 bits per heavy atom. The van der Waals surface area contributed by atoms with Crippen LogP contribution in [-0.2, 0) is 9.53 Å². The molecule has 0 aliphatic carbocycles. The third kappa shape index (κ3) is 4.07. The van der Waals surface area contributed by atoms with Crippen LogP contribution in [0.5, 0.6) is 0 Å². The molecule has 1 saturated heterocycles. The van der Waals surface area contributed by atoms with Crippen molar-refractivity contribution in [3.8, 4) is 0 Å². The van der Waals surface area contributed by atoms with Crippen LogP contribution in [0, 0.1) is 0 Å². The zero-order valence-electron chi connectivity index (χ0n) is 12.4. The predicted octanol–water partition coefficient (Wildman–Crippen LogP) is 2.44. The summed E-state index contributed by atoms with van der Waals surface area (Å²) in [5.41, 5.74) is 0.299. The van der Waals surface area contributed by atoms with Gasteiger partial charge in [-0.25, -0.2) is 0 Å². The van der Waals surface area contributed by atoms with Gasteiger partial charge in [0.15, 0.2) is 0 Å². The van der Waals surface area contributed by atoms with Crippen molar-refractivity contribution in [2.24, 2.45) is 0 Å². The van der Waals surface area contributed by atoms with Crippen LogP contribution in [0.25, 0.3) is 6.08 Å². The Kier molecular flexibility index (Phi) is 5.22. The van der Waals surface area contributed by atoms with E-state index in [1.165, 1.54) is 22.7 Å². The highest BCUT2D eigenvalue weighted by Crippen LogP contribution is 2.16. The van der Waals surface area contributed by atoms with Gasteiger partial charge in [0.25, 0.3) is 11.8 Å². The van der Waals surface area contributed by atoms with E-state index in [2.05, 4.69) is 5.32 Å². The van der Waals surface area contributed by atoms with Crippen molar-refractivity contribution in [3.63, 3.8) is 0 Å². The fraction of sp³-hybridized carbons (Fsp3) is 0.250. The molecule has 5 nitrogen and oxygen atoms in total. The van der Waals surface area contributed by atoms with Crippen molar-refractivity contribution in [1.29, 1.82) is 0 Å². The zero-order valence-corrected chi connectivity index (χ0v) is 14.0. The van der Waals surface area contributed by atoms with E-state index in [9.17, 15) is 9.59 Å². The molecular weight excluding hydrogens is 332 g/mol. The van der Waals surface area contributed by atoms with E-state index in [0.717, 1.165) is 4.88 Å². The molecule has 0 aromatic carbocycles. The van der Waals surface area contributed by atoms with Crippen LogP contribution < -0.4 is 5.32 Å². The standard InChI is InChI=1S/C16H16N2O3S2/c19-15(14-4-2-10-23-14)17-13(11-12-3-1-9-22-12)16(20)18-5-7-21-8-6-18/h1-4,9-11H,5-8H2,(H,17,19)/b13-11-. The van der Waals surface area contributed by atoms with Gasteiger partial charge in [-0.1, -0.05) is 12.1 Å². The average molecular weight is 348 g/mol. The number of nitrogens with one attached hydrogen (secondary N) is 1. The van der Waals surface area contributed by atoms with E-state index < -0.39 is 0 Å². The quantitative estimate of drug-likeness (QED) is 0.864. The van der Waals surface area contributed by atoms with Gasteiger partial charge < -0.3 is 15.0 Å². The first kappa shape index (κ1) is 15.9. The number of rotatable bonds is 4. The molecule has 2 aromatic heterocycles. The molecular formula is C16H16N2O3S2. The van der Waals surface area contributed by atoms with Crippen LogP contribution in [0.1, 0.15) is 14.5 Å². The molecule has 1 N–H and O–H groups in total. The second-order valence-electron chi connectivity index (χ2n) is 4.91. The molecule has 23 heavy (non-hydrogen) atoms. The fourth-order valence-corrected chi connectivity index (χ4v) is 3.47. The average Bonchev–Trinajstić information content (AvgIpc) is 3.28. The highest BCUT2D eigenvalue weighted by molar-refractivity contribution is 7.12. The second-order valence-corrected chi connectivity index (χ2v) is 6.84. The second kappa shape index (κ2) is 7.54. The van der Waals surface area contributed by atoms with Gasteiger partial charge in [-0.05, 0) is 29.0 Å². The summed E-state index contributed by atoms with van der Waals surface area (Å²) in [5.74, 6) is -0.434. The Morgan fingerprint density at radius 3 is 2.52 bits per heavy atom. The SMILES string of the molecule is O=C(N/C(=C\c1cccs1)C(=O)N1CCOCC1)c1cccs1. The summed E-state index contributed by atoms with van der Waals surface area (Å²) in [6.07, 6.45) is 1.73. The first-order chi connectivity index (χ1) is 11.2. The summed E-state index contributed by atoms with van der Waals surface area (Å²) in [4.78, 5) is 28.2. The first-order valence-electron chi connectivity index (χ1n) is 7.21. The van der Waals surface area contributed by atoms with E-state index in [1.807, 2.05) is 29.0 Å². The number of ether oxygens (including phenoxy) is 1. The smallest absolute Gasteiger partial charge is 0.270 e. The molecule has 0 saturated carbocycles. The number of thiophene rings is 2. The van der Waals surface area contributed by atoms with Crippen molar-refractivity contribution >= 4 is 40.6 Å². The maximum atomic E-state index is 12.7. The number of carbonyl (C=O) groups is 2. The fourth-order valence-electron chi connectivity index (χ4n) is 2.20. The predicted molar refractivity (Wildman–Crippen MR) is 91.5 cm³/mol. The highest BCUT2D eigenvalue weighted by atomic mass is 32.1. The van der Waals surface area contributed by atoms with Crippen molar-refractivity contribution in [2.45, 2.75) is 0 Å². The molecule has 3 rings (SSSR count). The van der Waals surface area contributed by atoms with Crippen LogP contribution in [0.15, 0.2) is 40.7 Å². The molecule has 0 bridgehead atoms. The molecule has 7 heteroatoms. The van der Waals surface area contributed by atoms with Crippen molar-refractivity contribution in [3.05, 3.63) is 50.5 Å². The van der Waals surface area contributed by atoms with Gasteiger partial charge in [0.1, 0.15) is 5.70 Å². The summed E-state index contributed by atoms with van der Waals surface area (Å²) in [7, 11) is 0. The summed E-state index contributed by atoms with van der Waals surface area (Å²) in [6.45, 7) is 2.12. The normalized spacial score (nSPS) is 15.5. The molecule has 0 radical (unpaired) electrons. The molecule has 0 atom stereocenters. The number of nitrogens with zero attached hydrogens (tertiary/aromatic N) is 1. The minimum absolute atomic E-state index is 0.174. The lowest BCUT2D eigenvalue weighted by molar-refractivity contribution is -0.131. The topological polar surface area (TPSA) is 58.6 Å². The third-order valence-corrected chi connectivity index (χ3v) is 5.04. The van der Waals surface area contributed by atoms with Gasteiger partial charge in [-0.15, -0.1) is 22.7 Å². The van der Waals surface area contributed by atoms with Crippen molar-refractivity contribution in [1.82, 2.24) is 10.2 Å². The summed E-state index contributed by atoms with van der Waals surface area (Å²) in [5, 5.41) is 6.53. The Morgan fingerprint density at radius 2 is 1.87 bits per heavy atom. The van der Waals surface area contributed by atoms with Gasteiger partial charge in [-0.2, -0.15) is 0 Å². The Hall–Kier alpha value is -1.96. The van der Waals surface area contributed by atoms with E-state index >= 15 is 0 Å². The largest absolute Gasteiger partial charge is 0.378 e. The zero-order chi connectivity index (χ0) is 16.1. The Bertz CT molecular complexity index is 687. The van der Waals surface area contributed by atoms with Gasteiger partial charge in [0, 0.05) is 18.0 Å². The maximum Gasteiger partial charge on any atom is 0.270 e. The van der Waals surface area contributed by atoms with Crippen LogP contribution in [0.4, 0.5) is 0 Å². The van der Waals surface area contributed by atoms with Crippen LogP contribution in [-0.4, -0.2) is 43.0 Å². The number of morpholine rings is 1. The van der Waals surface area contributed by atoms with Gasteiger partial charge in [0.2, 0.25) is 0 Å². The lowest BCUT2D eigenvalue weighted by Gasteiger charge is -2.27. The Labute approximate surface area is 142 Å². The van der Waals surface area contributed by atoms with Gasteiger partial charge in [0.05, 0.1) is 18.1 Å². The molecule has 0 spiro atoms. The van der Waals surface area contributed by atoms with E-state index in [-0.39, 0.29) is 11.8 Å². The highest BCUT2D eigenvalue weighted by Gasteiger charge is 2.23. The number of carbonyl (C=O) groups excluding carboxylic acids is 2. The number of amides is 2. The molecule has 2 aromatic rings. The number of hydrogen-bond donors (Lipinski definition) is 1. The van der Waals surface area contributed by atoms with E-state index in [0.29, 0.717) is 36.9 Å². The van der Waals surface area contributed by atoms with E-state index in [4.69, 9.17) is 4.74 Å². The minimum Gasteiger partial charge on any atom is -0.378 e. The van der Waals surface area contributed by atoms with Crippen LogP contribution >= 0.6 is 22.7 Å². The lowest BCUT2D eigenvalue weighted by Crippen LogP contribution is -2.44. The number of hydrogen-bond acceptors (Lipinski definition) is 5. The molecule has 1 aliphatic heterocycles. The first-order valence-corrected chi connectivity index (χ1v) is 8.97. The van der Waals surface area contributed by atoms with Crippen molar-refractivity contribution < 1.29 is 14.3 Å². The molecule has 1 fully saturated rings. The summed E-state index contributed by atoms with van der Waals surface area (Å²) in [6, 6.07) is 7.37. The van der Waals surface area contributed by atoms with Crippen LogP contribution in [0.2, 0.25) is 0 Å². The van der Waals surface area contributed by atoms with Gasteiger partial charge >= 0.3 is 0 Å².